The van der Waals surface area contributed by atoms with Crippen molar-refractivity contribution in [1.82, 2.24) is 0 Å². The molecule has 0 saturated carbocycles. The highest BCUT2D eigenvalue weighted by Gasteiger charge is 2.24. The summed E-state index contributed by atoms with van der Waals surface area (Å²) in [5.74, 6) is 0. The van der Waals surface area contributed by atoms with Crippen LogP contribution in [0, 0.1) is 0 Å². The second-order valence-electron chi connectivity index (χ2n) is 2.08. The summed E-state index contributed by atoms with van der Waals surface area (Å²) in [6, 6.07) is 0. The Morgan fingerprint density at radius 3 is 2.36 bits per heavy atom. The minimum Gasteiger partial charge on any atom is -0.394 e. The molecular formula is C6H12O5. The van der Waals surface area contributed by atoms with Crippen molar-refractivity contribution in [3.8, 4) is 0 Å². The quantitative estimate of drug-likeness (QED) is 0.406. The van der Waals surface area contributed by atoms with Crippen LogP contribution in [0.15, 0.2) is 0 Å². The topological polar surface area (TPSA) is 87.0 Å². The van der Waals surface area contributed by atoms with Gasteiger partial charge in [0.1, 0.15) is 18.3 Å². The minimum absolute atomic E-state index is 0.365. The van der Waals surface area contributed by atoms with Gasteiger partial charge in [-0.05, 0) is 0 Å². The van der Waals surface area contributed by atoms with Crippen molar-refractivity contribution in [3.05, 3.63) is 0 Å². The number of aliphatic hydroxyl groups excluding tert-OH is 3. The average Bonchev–Trinajstić information content (AvgIpc) is 2.05. The summed E-state index contributed by atoms with van der Waals surface area (Å²) in [6.45, 7) is -0.602. The zero-order valence-electron chi connectivity index (χ0n) is 6.17. The number of rotatable bonds is 5. The molecule has 0 spiro atoms. The molecule has 0 radical (unpaired) electrons. The molecule has 0 bridgehead atoms. The number of aliphatic hydroxyl groups is 3. The van der Waals surface area contributed by atoms with Crippen molar-refractivity contribution in [2.24, 2.45) is 0 Å². The first-order chi connectivity index (χ1) is 5.17. The number of hydrogen-bond donors (Lipinski definition) is 3. The van der Waals surface area contributed by atoms with Crippen molar-refractivity contribution in [3.63, 3.8) is 0 Å². The van der Waals surface area contributed by atoms with Crippen molar-refractivity contribution < 1.29 is 24.9 Å². The fourth-order valence-corrected chi connectivity index (χ4v) is 0.602. The number of hydrogen-bond acceptors (Lipinski definition) is 5. The van der Waals surface area contributed by atoms with Crippen molar-refractivity contribution in [2.45, 2.75) is 18.3 Å². The van der Waals surface area contributed by atoms with E-state index in [-0.39, 0.29) is 0 Å². The highest BCUT2D eigenvalue weighted by atomic mass is 16.5. The van der Waals surface area contributed by atoms with Gasteiger partial charge in [0.25, 0.3) is 0 Å². The van der Waals surface area contributed by atoms with E-state index >= 15 is 0 Å². The van der Waals surface area contributed by atoms with Crippen molar-refractivity contribution in [2.75, 3.05) is 13.7 Å². The predicted octanol–water partition coefficient (Wildman–Crippen LogP) is -2.09. The largest absolute Gasteiger partial charge is 0.394 e. The summed E-state index contributed by atoms with van der Waals surface area (Å²) in [6.07, 6.45) is -3.44. The Hall–Kier alpha value is -0.490. The van der Waals surface area contributed by atoms with E-state index in [1.165, 1.54) is 7.11 Å². The van der Waals surface area contributed by atoms with Crippen LogP contribution in [0.2, 0.25) is 0 Å². The first-order valence-corrected chi connectivity index (χ1v) is 3.12. The number of carbonyl (C=O) groups excluding carboxylic acids is 1. The number of ether oxygens (including phenoxy) is 1. The summed E-state index contributed by atoms with van der Waals surface area (Å²) < 4.78 is 4.50. The maximum Gasteiger partial charge on any atom is 0.151 e. The first kappa shape index (κ1) is 10.5. The molecule has 0 aromatic rings. The normalized spacial score (nSPS) is 18.9. The second-order valence-corrected chi connectivity index (χ2v) is 2.08. The Kier molecular flexibility index (Phi) is 4.97. The minimum atomic E-state index is -1.37. The lowest BCUT2D eigenvalue weighted by atomic mass is 10.1. The van der Waals surface area contributed by atoms with Crippen LogP contribution in [0.1, 0.15) is 0 Å². The molecule has 0 amide bonds. The van der Waals surface area contributed by atoms with Gasteiger partial charge in [0.05, 0.1) is 6.61 Å². The molecule has 3 N–H and O–H groups in total. The number of methoxy groups -OCH3 is 1. The number of carbonyl (C=O) groups is 1. The van der Waals surface area contributed by atoms with E-state index in [2.05, 4.69) is 4.74 Å². The van der Waals surface area contributed by atoms with E-state index in [0.29, 0.717) is 6.29 Å². The van der Waals surface area contributed by atoms with Crippen LogP contribution in [-0.4, -0.2) is 53.6 Å². The van der Waals surface area contributed by atoms with Gasteiger partial charge >= 0.3 is 0 Å². The lowest BCUT2D eigenvalue weighted by molar-refractivity contribution is -0.131. The highest BCUT2D eigenvalue weighted by Crippen LogP contribution is 2.00. The van der Waals surface area contributed by atoms with E-state index in [9.17, 15) is 4.79 Å². The SMILES string of the molecule is CO[C@@H](C=O)[C@@H](O)[C@H](O)CO. The van der Waals surface area contributed by atoms with Crippen LogP contribution in [0.3, 0.4) is 0 Å². The molecule has 11 heavy (non-hydrogen) atoms. The van der Waals surface area contributed by atoms with Crippen LogP contribution < -0.4 is 0 Å². The van der Waals surface area contributed by atoms with Gasteiger partial charge in [0, 0.05) is 7.11 Å². The summed E-state index contributed by atoms with van der Waals surface area (Å²) in [5, 5.41) is 26.2. The zero-order chi connectivity index (χ0) is 8.85. The van der Waals surface area contributed by atoms with E-state index in [0.717, 1.165) is 0 Å². The molecule has 0 aromatic carbocycles. The molecule has 5 nitrogen and oxygen atoms in total. The molecule has 0 rings (SSSR count). The lowest BCUT2D eigenvalue weighted by Gasteiger charge is -2.19. The van der Waals surface area contributed by atoms with E-state index < -0.39 is 24.9 Å². The second kappa shape index (κ2) is 5.20. The van der Waals surface area contributed by atoms with Gasteiger partial charge in [0.15, 0.2) is 6.29 Å². The fourth-order valence-electron chi connectivity index (χ4n) is 0.602. The lowest BCUT2D eigenvalue weighted by Crippen LogP contribution is -2.41. The molecular weight excluding hydrogens is 152 g/mol. The fraction of sp³-hybridized carbons (Fsp3) is 0.833. The third-order valence-electron chi connectivity index (χ3n) is 1.32. The average molecular weight is 164 g/mol. The Bertz CT molecular complexity index is 116. The zero-order valence-corrected chi connectivity index (χ0v) is 6.17. The van der Waals surface area contributed by atoms with Gasteiger partial charge < -0.3 is 24.9 Å². The van der Waals surface area contributed by atoms with Gasteiger partial charge in [-0.15, -0.1) is 0 Å². The molecule has 0 fully saturated rings. The van der Waals surface area contributed by atoms with Crippen LogP contribution >= 0.6 is 0 Å². The molecule has 0 unspecified atom stereocenters. The van der Waals surface area contributed by atoms with Crippen LogP contribution in [-0.2, 0) is 9.53 Å². The summed E-state index contributed by atoms with van der Waals surface area (Å²) in [4.78, 5) is 10.1. The third kappa shape index (κ3) is 2.94. The summed E-state index contributed by atoms with van der Waals surface area (Å²) >= 11 is 0. The molecule has 0 heterocycles. The third-order valence-corrected chi connectivity index (χ3v) is 1.32. The predicted molar refractivity (Wildman–Crippen MR) is 36.0 cm³/mol. The van der Waals surface area contributed by atoms with Crippen molar-refractivity contribution in [1.29, 1.82) is 0 Å². The van der Waals surface area contributed by atoms with Crippen LogP contribution in [0.4, 0.5) is 0 Å². The van der Waals surface area contributed by atoms with Crippen LogP contribution in [0.5, 0.6) is 0 Å². The smallest absolute Gasteiger partial charge is 0.151 e. The van der Waals surface area contributed by atoms with Gasteiger partial charge in [-0.25, -0.2) is 0 Å². The van der Waals surface area contributed by atoms with Gasteiger partial charge in [0.2, 0.25) is 0 Å². The van der Waals surface area contributed by atoms with E-state index in [4.69, 9.17) is 15.3 Å². The maximum absolute atomic E-state index is 10.1. The molecule has 0 aliphatic rings. The van der Waals surface area contributed by atoms with Crippen molar-refractivity contribution >= 4 is 6.29 Å². The Morgan fingerprint density at radius 2 is 2.09 bits per heavy atom. The monoisotopic (exact) mass is 164 g/mol. The van der Waals surface area contributed by atoms with Gasteiger partial charge in [-0.3, -0.25) is 0 Å². The molecule has 0 saturated heterocycles. The molecule has 0 aliphatic heterocycles. The molecule has 5 heteroatoms. The molecule has 3 atom stereocenters. The maximum atomic E-state index is 10.1. The summed E-state index contributed by atoms with van der Waals surface area (Å²) in [5.41, 5.74) is 0. The molecule has 66 valence electrons. The Morgan fingerprint density at radius 1 is 1.55 bits per heavy atom. The first-order valence-electron chi connectivity index (χ1n) is 3.12. The van der Waals surface area contributed by atoms with E-state index in [1.807, 2.05) is 0 Å². The van der Waals surface area contributed by atoms with Gasteiger partial charge in [-0.1, -0.05) is 0 Å². The number of aldehydes is 1. The van der Waals surface area contributed by atoms with Gasteiger partial charge in [-0.2, -0.15) is 0 Å². The van der Waals surface area contributed by atoms with E-state index in [1.54, 1.807) is 0 Å². The summed E-state index contributed by atoms with van der Waals surface area (Å²) in [7, 11) is 1.23. The highest BCUT2D eigenvalue weighted by molar-refractivity contribution is 5.57. The molecule has 0 aromatic heterocycles. The Labute approximate surface area is 64.2 Å². The standard InChI is InChI=1S/C6H12O5/c1-11-5(3-8)6(10)4(9)2-7/h3-7,9-10H,2H2,1H3/t4-,5+,6+/m1/s1. The van der Waals surface area contributed by atoms with Crippen LogP contribution in [0.25, 0.3) is 0 Å². The Balaban J connectivity index is 3.96. The molecule has 0 aliphatic carbocycles.